The first-order valence-corrected chi connectivity index (χ1v) is 5.85. The average Bonchev–Trinajstić information content (AvgIpc) is 2.83. The molecule has 3 rings (SSSR count). The lowest BCUT2D eigenvalue weighted by Gasteiger charge is -2.03. The summed E-state index contributed by atoms with van der Waals surface area (Å²) in [5, 5.41) is 9.72. The molecule has 1 aromatic carbocycles. The van der Waals surface area contributed by atoms with E-state index in [2.05, 4.69) is 4.98 Å². The number of hydrogen-bond donors (Lipinski definition) is 1. The largest absolute Gasteiger partial charge is 0.508 e. The Balaban J connectivity index is 2.20. The van der Waals surface area contributed by atoms with Gasteiger partial charge in [0, 0.05) is 31.6 Å². The van der Waals surface area contributed by atoms with Crippen molar-refractivity contribution in [3.8, 4) is 5.75 Å². The van der Waals surface area contributed by atoms with Gasteiger partial charge in [-0.15, -0.1) is 0 Å². The maximum absolute atomic E-state index is 12.2. The monoisotopic (exact) mass is 270 g/mol. The zero-order valence-corrected chi connectivity index (χ0v) is 10.5. The van der Waals surface area contributed by atoms with E-state index in [0.29, 0.717) is 5.39 Å². The van der Waals surface area contributed by atoms with Gasteiger partial charge in [0.1, 0.15) is 11.3 Å². The van der Waals surface area contributed by atoms with Gasteiger partial charge >= 0.3 is 0 Å². The highest BCUT2D eigenvalue weighted by Crippen LogP contribution is 2.19. The van der Waals surface area contributed by atoms with Gasteiger partial charge in [0.2, 0.25) is 0 Å². The van der Waals surface area contributed by atoms with Crippen LogP contribution in [-0.2, 0) is 7.05 Å². The summed E-state index contributed by atoms with van der Waals surface area (Å²) in [6.07, 6.45) is 3.11. The molecule has 20 heavy (non-hydrogen) atoms. The number of carbonyl (C=O) groups is 1. The van der Waals surface area contributed by atoms with E-state index in [1.54, 1.807) is 13.2 Å². The van der Waals surface area contributed by atoms with E-state index in [0.717, 1.165) is 6.07 Å². The number of carbonyl (C=O) groups excluding carboxylic acids is 1. The fourth-order valence-electron chi connectivity index (χ4n) is 1.95. The minimum Gasteiger partial charge on any atom is -0.508 e. The molecule has 3 aromatic rings. The molecule has 0 saturated carbocycles. The van der Waals surface area contributed by atoms with Gasteiger partial charge in [0.15, 0.2) is 17.0 Å². The lowest BCUT2D eigenvalue weighted by atomic mass is 10.2. The van der Waals surface area contributed by atoms with Crippen molar-refractivity contribution in [2.45, 2.75) is 0 Å². The van der Waals surface area contributed by atoms with Gasteiger partial charge in [-0.2, -0.15) is 0 Å². The molecule has 100 valence electrons. The second kappa shape index (κ2) is 4.34. The van der Waals surface area contributed by atoms with Crippen molar-refractivity contribution >= 4 is 16.8 Å². The van der Waals surface area contributed by atoms with Crippen LogP contribution >= 0.6 is 0 Å². The minimum absolute atomic E-state index is 0.0396. The highest BCUT2D eigenvalue weighted by atomic mass is 16.3. The van der Waals surface area contributed by atoms with Crippen molar-refractivity contribution in [3.05, 3.63) is 58.5 Å². The highest BCUT2D eigenvalue weighted by Gasteiger charge is 2.18. The van der Waals surface area contributed by atoms with E-state index < -0.39 is 5.78 Å². The fraction of sp³-hybridized carbons (Fsp3) is 0.0714. The molecule has 6 nitrogen and oxygen atoms in total. The van der Waals surface area contributed by atoms with E-state index >= 15 is 0 Å². The topological polar surface area (TPSA) is 85.3 Å². The molecule has 0 spiro atoms. The Kier molecular flexibility index (Phi) is 2.64. The molecule has 1 N–H and O–H groups in total. The van der Waals surface area contributed by atoms with Gasteiger partial charge in [-0.05, 0) is 12.1 Å². The number of aryl methyl sites for hydroxylation is 1. The van der Waals surface area contributed by atoms with Crippen molar-refractivity contribution in [1.29, 1.82) is 0 Å². The van der Waals surface area contributed by atoms with Crippen molar-refractivity contribution < 1.29 is 14.3 Å². The number of phenols is 1. The van der Waals surface area contributed by atoms with Crippen molar-refractivity contribution in [1.82, 2.24) is 9.55 Å². The van der Waals surface area contributed by atoms with E-state index in [1.165, 1.54) is 29.0 Å². The third-order valence-corrected chi connectivity index (χ3v) is 2.96. The maximum atomic E-state index is 12.2. The molecule has 2 aromatic heterocycles. The lowest BCUT2D eigenvalue weighted by molar-refractivity contribution is 0.0997. The number of phenolic OH excluding ortho intramolecular Hbond substituents is 1. The van der Waals surface area contributed by atoms with Crippen LogP contribution in [0.25, 0.3) is 11.0 Å². The van der Waals surface area contributed by atoms with Crippen LogP contribution in [0.15, 0.2) is 45.9 Å². The molecule has 0 aliphatic carbocycles. The molecular weight excluding hydrogens is 260 g/mol. The number of benzene rings is 1. The summed E-state index contributed by atoms with van der Waals surface area (Å²) in [7, 11) is 1.67. The van der Waals surface area contributed by atoms with Crippen molar-refractivity contribution in [3.63, 3.8) is 0 Å². The number of imidazole rings is 1. The smallest absolute Gasteiger partial charge is 0.263 e. The normalized spacial score (nSPS) is 10.8. The minimum atomic E-state index is -0.486. The predicted molar refractivity (Wildman–Crippen MR) is 70.8 cm³/mol. The first-order valence-electron chi connectivity index (χ1n) is 5.85. The summed E-state index contributed by atoms with van der Waals surface area (Å²) in [5.74, 6) is -0.461. The third kappa shape index (κ3) is 1.87. The van der Waals surface area contributed by atoms with Gasteiger partial charge < -0.3 is 14.1 Å². The Morgan fingerprint density at radius 1 is 1.35 bits per heavy atom. The second-order valence-electron chi connectivity index (χ2n) is 4.35. The molecule has 0 atom stereocenters. The van der Waals surface area contributed by atoms with Gasteiger partial charge in [0.25, 0.3) is 5.78 Å². The van der Waals surface area contributed by atoms with Crippen molar-refractivity contribution in [2.24, 2.45) is 7.05 Å². The molecular formula is C14H10N2O4. The fourth-order valence-corrected chi connectivity index (χ4v) is 1.95. The van der Waals surface area contributed by atoms with Gasteiger partial charge in [0.05, 0.1) is 5.39 Å². The van der Waals surface area contributed by atoms with Crippen LogP contribution in [0.4, 0.5) is 0 Å². The molecule has 0 radical (unpaired) electrons. The third-order valence-electron chi connectivity index (χ3n) is 2.96. The van der Waals surface area contributed by atoms with Crippen LogP contribution < -0.4 is 5.43 Å². The number of aromatic nitrogens is 2. The predicted octanol–water partition coefficient (Wildman–Crippen LogP) is 1.46. The summed E-state index contributed by atoms with van der Waals surface area (Å²) in [6.45, 7) is 0. The molecule has 0 bridgehead atoms. The molecule has 0 amide bonds. The average molecular weight is 270 g/mol. The SMILES string of the molecule is Cn1ccnc1C(=O)c1cc(=O)c2ccc(O)cc2o1. The Labute approximate surface area is 112 Å². The van der Waals surface area contributed by atoms with Crippen LogP contribution in [0.2, 0.25) is 0 Å². The highest BCUT2D eigenvalue weighted by molar-refractivity contribution is 6.05. The summed E-state index contributed by atoms with van der Waals surface area (Å²) >= 11 is 0. The number of rotatable bonds is 2. The zero-order chi connectivity index (χ0) is 14.3. The number of ketones is 1. The van der Waals surface area contributed by atoms with Crippen molar-refractivity contribution in [2.75, 3.05) is 0 Å². The first-order chi connectivity index (χ1) is 9.56. The standard InChI is InChI=1S/C14H10N2O4/c1-16-5-4-15-14(16)13(19)12-7-10(18)9-3-2-8(17)6-11(9)20-12/h2-7,17H,1H3. The number of nitrogens with zero attached hydrogens (tertiary/aromatic N) is 2. The zero-order valence-electron chi connectivity index (χ0n) is 10.5. The van der Waals surface area contributed by atoms with Gasteiger partial charge in [-0.1, -0.05) is 0 Å². The van der Waals surface area contributed by atoms with E-state index in [-0.39, 0.29) is 28.3 Å². The van der Waals surface area contributed by atoms with E-state index in [1.807, 2.05) is 0 Å². The summed E-state index contributed by atoms with van der Waals surface area (Å²) in [6, 6.07) is 5.27. The summed E-state index contributed by atoms with van der Waals surface area (Å²) in [4.78, 5) is 28.1. The summed E-state index contributed by atoms with van der Waals surface area (Å²) in [5.41, 5.74) is -0.182. The van der Waals surface area contributed by atoms with Crippen LogP contribution in [0.3, 0.4) is 0 Å². The van der Waals surface area contributed by atoms with Crippen LogP contribution in [-0.4, -0.2) is 20.4 Å². The summed E-state index contributed by atoms with van der Waals surface area (Å²) < 4.78 is 6.94. The van der Waals surface area contributed by atoms with E-state index in [4.69, 9.17) is 4.42 Å². The number of hydrogen-bond acceptors (Lipinski definition) is 5. The molecule has 0 unspecified atom stereocenters. The van der Waals surface area contributed by atoms with Gasteiger partial charge in [-0.3, -0.25) is 9.59 Å². The molecule has 2 heterocycles. The molecule has 0 fully saturated rings. The van der Waals surface area contributed by atoms with Crippen LogP contribution in [0.5, 0.6) is 5.75 Å². The number of aromatic hydroxyl groups is 1. The quantitative estimate of drug-likeness (QED) is 0.712. The van der Waals surface area contributed by atoms with Crippen LogP contribution in [0.1, 0.15) is 16.4 Å². The van der Waals surface area contributed by atoms with E-state index in [9.17, 15) is 14.7 Å². The number of fused-ring (bicyclic) bond motifs is 1. The Morgan fingerprint density at radius 3 is 2.85 bits per heavy atom. The maximum Gasteiger partial charge on any atom is 0.263 e. The van der Waals surface area contributed by atoms with Gasteiger partial charge in [-0.25, -0.2) is 4.98 Å². The molecule has 0 aliphatic rings. The molecule has 0 saturated heterocycles. The Morgan fingerprint density at radius 2 is 2.15 bits per heavy atom. The molecule has 0 aliphatic heterocycles. The second-order valence-corrected chi connectivity index (χ2v) is 4.35. The molecule has 6 heteroatoms. The first kappa shape index (κ1) is 12.2. The Hall–Kier alpha value is -2.89. The lowest BCUT2D eigenvalue weighted by Crippen LogP contribution is -2.12. The Bertz CT molecular complexity index is 876. The van der Waals surface area contributed by atoms with Crippen LogP contribution in [0, 0.1) is 0 Å².